The van der Waals surface area contributed by atoms with Crippen molar-refractivity contribution in [2.75, 3.05) is 0 Å². The van der Waals surface area contributed by atoms with E-state index in [0.717, 1.165) is 32.7 Å². The summed E-state index contributed by atoms with van der Waals surface area (Å²) < 4.78 is 0. The molecule has 0 spiro atoms. The molecule has 0 bridgehead atoms. The molecule has 1 aromatic heterocycles. The Morgan fingerprint density at radius 1 is 0.706 bits per heavy atom. The van der Waals surface area contributed by atoms with E-state index in [2.05, 4.69) is 17.1 Å². The van der Waals surface area contributed by atoms with Gasteiger partial charge in [0.2, 0.25) is 0 Å². The van der Waals surface area contributed by atoms with Crippen LogP contribution in [0.15, 0.2) is 103 Å². The van der Waals surface area contributed by atoms with Crippen LogP contribution in [0.1, 0.15) is 32.0 Å². The molecule has 4 aromatic carbocycles. The van der Waals surface area contributed by atoms with Gasteiger partial charge in [0.1, 0.15) is 5.69 Å². The van der Waals surface area contributed by atoms with Crippen LogP contribution in [0.2, 0.25) is 0 Å². The zero-order chi connectivity index (χ0) is 23.5. The Bertz CT molecular complexity index is 1430. The van der Waals surface area contributed by atoms with Crippen molar-refractivity contribution >= 4 is 33.4 Å². The Labute approximate surface area is 196 Å². The maximum absolute atomic E-state index is 13.7. The van der Waals surface area contributed by atoms with E-state index >= 15 is 0 Å². The first-order valence-corrected chi connectivity index (χ1v) is 11.0. The SMILES string of the molecule is O=C(O)c1ccnc(C(=O)N(Cc2cccc3ccccc23)Cc2cccc3ccccc23)c1. The molecule has 0 aliphatic rings. The molecule has 0 saturated heterocycles. The predicted molar refractivity (Wildman–Crippen MR) is 133 cm³/mol. The van der Waals surface area contributed by atoms with Crippen LogP contribution in [0.4, 0.5) is 0 Å². The molecule has 1 amide bonds. The van der Waals surface area contributed by atoms with Crippen molar-refractivity contribution in [1.82, 2.24) is 9.88 Å². The van der Waals surface area contributed by atoms with Gasteiger partial charge in [-0.05, 0) is 44.8 Å². The zero-order valence-corrected chi connectivity index (χ0v) is 18.4. The molecule has 5 aromatic rings. The highest BCUT2D eigenvalue weighted by atomic mass is 16.4. The number of carbonyl (C=O) groups excluding carboxylic acids is 1. The van der Waals surface area contributed by atoms with Crippen LogP contribution >= 0.6 is 0 Å². The molecule has 0 atom stereocenters. The van der Waals surface area contributed by atoms with E-state index in [1.165, 1.54) is 18.3 Å². The van der Waals surface area contributed by atoms with Crippen LogP contribution in [0.25, 0.3) is 21.5 Å². The normalized spacial score (nSPS) is 10.9. The molecule has 1 heterocycles. The van der Waals surface area contributed by atoms with E-state index in [-0.39, 0.29) is 17.2 Å². The fourth-order valence-electron chi connectivity index (χ4n) is 4.31. The van der Waals surface area contributed by atoms with Crippen molar-refractivity contribution in [2.45, 2.75) is 13.1 Å². The summed E-state index contributed by atoms with van der Waals surface area (Å²) in [6.07, 6.45) is 1.37. The van der Waals surface area contributed by atoms with Gasteiger partial charge in [-0.15, -0.1) is 0 Å². The Kier molecular flexibility index (Phi) is 5.75. The molecule has 0 aliphatic heterocycles. The Morgan fingerprint density at radius 2 is 1.24 bits per heavy atom. The number of pyridine rings is 1. The highest BCUT2D eigenvalue weighted by molar-refractivity contribution is 5.96. The molecule has 166 valence electrons. The molecule has 0 unspecified atom stereocenters. The van der Waals surface area contributed by atoms with Crippen LogP contribution in [0.5, 0.6) is 0 Å². The number of carboxylic acid groups (broad SMARTS) is 1. The van der Waals surface area contributed by atoms with Crippen LogP contribution in [0, 0.1) is 0 Å². The quantitative estimate of drug-likeness (QED) is 0.351. The second-order valence-corrected chi connectivity index (χ2v) is 8.17. The summed E-state index contributed by atoms with van der Waals surface area (Å²) in [5, 5.41) is 13.7. The van der Waals surface area contributed by atoms with Crippen LogP contribution < -0.4 is 0 Å². The van der Waals surface area contributed by atoms with Crippen LogP contribution in [-0.2, 0) is 13.1 Å². The van der Waals surface area contributed by atoms with E-state index < -0.39 is 5.97 Å². The number of carboxylic acids is 1. The summed E-state index contributed by atoms with van der Waals surface area (Å²) >= 11 is 0. The van der Waals surface area contributed by atoms with Crippen molar-refractivity contribution in [3.8, 4) is 0 Å². The number of amides is 1. The molecule has 5 rings (SSSR count). The largest absolute Gasteiger partial charge is 0.478 e. The predicted octanol–water partition coefficient (Wildman–Crippen LogP) is 5.93. The number of nitrogens with zero attached hydrogens (tertiary/aromatic N) is 2. The van der Waals surface area contributed by atoms with Crippen LogP contribution in [0.3, 0.4) is 0 Å². The molecule has 0 radical (unpaired) electrons. The monoisotopic (exact) mass is 446 g/mol. The zero-order valence-electron chi connectivity index (χ0n) is 18.4. The Hall–Kier alpha value is -4.51. The van der Waals surface area contributed by atoms with Gasteiger partial charge < -0.3 is 10.0 Å². The molecule has 0 fully saturated rings. The first-order valence-electron chi connectivity index (χ1n) is 11.0. The van der Waals surface area contributed by atoms with Gasteiger partial charge in [0.25, 0.3) is 5.91 Å². The lowest BCUT2D eigenvalue weighted by molar-refractivity contribution is 0.0696. The molecular formula is C29H22N2O3. The highest BCUT2D eigenvalue weighted by Gasteiger charge is 2.21. The average Bonchev–Trinajstić information content (AvgIpc) is 2.88. The molecule has 1 N–H and O–H groups in total. The summed E-state index contributed by atoms with van der Waals surface area (Å²) in [4.78, 5) is 31.1. The summed E-state index contributed by atoms with van der Waals surface area (Å²) in [6.45, 7) is 0.727. The lowest BCUT2D eigenvalue weighted by Gasteiger charge is -2.24. The smallest absolute Gasteiger partial charge is 0.335 e. The average molecular weight is 447 g/mol. The maximum Gasteiger partial charge on any atom is 0.335 e. The summed E-state index contributed by atoms with van der Waals surface area (Å²) in [5.74, 6) is -1.41. The molecule has 5 heteroatoms. The van der Waals surface area contributed by atoms with Gasteiger partial charge in [-0.2, -0.15) is 0 Å². The van der Waals surface area contributed by atoms with Crippen LogP contribution in [-0.4, -0.2) is 26.9 Å². The standard InChI is InChI=1S/C29H22N2O3/c32-28(27-17-22(29(33)34)15-16-30-27)31(18-23-11-5-9-20-7-1-3-13-25(20)23)19-24-12-6-10-21-8-2-4-14-26(21)24/h1-17H,18-19H2,(H,33,34). The molecular weight excluding hydrogens is 424 g/mol. The van der Waals surface area contributed by atoms with Gasteiger partial charge in [0.15, 0.2) is 0 Å². The number of fused-ring (bicyclic) bond motifs is 2. The summed E-state index contributed by atoms with van der Waals surface area (Å²) in [6, 6.07) is 31.0. The van der Waals surface area contributed by atoms with Crippen molar-refractivity contribution in [3.05, 3.63) is 126 Å². The fraction of sp³-hybridized carbons (Fsp3) is 0.0690. The van der Waals surface area contributed by atoms with E-state index in [1.807, 2.05) is 72.8 Å². The third kappa shape index (κ3) is 4.24. The van der Waals surface area contributed by atoms with E-state index in [9.17, 15) is 14.7 Å². The number of benzene rings is 4. The summed E-state index contributed by atoms with van der Waals surface area (Å²) in [5.41, 5.74) is 2.18. The number of hydrogen-bond acceptors (Lipinski definition) is 3. The second-order valence-electron chi connectivity index (χ2n) is 8.17. The highest BCUT2D eigenvalue weighted by Crippen LogP contribution is 2.25. The van der Waals surface area contributed by atoms with Crippen molar-refractivity contribution in [3.63, 3.8) is 0 Å². The Morgan fingerprint density at radius 3 is 1.79 bits per heavy atom. The third-order valence-electron chi connectivity index (χ3n) is 6.00. The second kappa shape index (κ2) is 9.16. The lowest BCUT2D eigenvalue weighted by Crippen LogP contribution is -2.31. The lowest BCUT2D eigenvalue weighted by atomic mass is 10.0. The Balaban J connectivity index is 1.58. The minimum absolute atomic E-state index is 0.0358. The molecule has 0 saturated carbocycles. The van der Waals surface area contributed by atoms with Gasteiger partial charge in [-0.1, -0.05) is 84.9 Å². The number of hydrogen-bond donors (Lipinski definition) is 1. The van der Waals surface area contributed by atoms with Gasteiger partial charge >= 0.3 is 5.97 Å². The van der Waals surface area contributed by atoms with Crippen molar-refractivity contribution < 1.29 is 14.7 Å². The van der Waals surface area contributed by atoms with Crippen molar-refractivity contribution in [2.24, 2.45) is 0 Å². The molecule has 0 aliphatic carbocycles. The number of carbonyl (C=O) groups is 2. The number of rotatable bonds is 6. The number of aromatic carboxylic acids is 1. The summed E-state index contributed by atoms with van der Waals surface area (Å²) in [7, 11) is 0. The molecule has 34 heavy (non-hydrogen) atoms. The topological polar surface area (TPSA) is 70.5 Å². The minimum atomic E-state index is -1.09. The number of aromatic nitrogens is 1. The first kappa shape index (κ1) is 21.3. The van der Waals surface area contributed by atoms with Gasteiger partial charge in [0, 0.05) is 19.3 Å². The van der Waals surface area contributed by atoms with Crippen molar-refractivity contribution in [1.29, 1.82) is 0 Å². The van der Waals surface area contributed by atoms with E-state index in [1.54, 1.807) is 4.90 Å². The first-order chi connectivity index (χ1) is 16.6. The fourth-order valence-corrected chi connectivity index (χ4v) is 4.31. The van der Waals surface area contributed by atoms with Gasteiger partial charge in [0.05, 0.1) is 5.56 Å². The van der Waals surface area contributed by atoms with Gasteiger partial charge in [-0.25, -0.2) is 4.79 Å². The van der Waals surface area contributed by atoms with Gasteiger partial charge in [-0.3, -0.25) is 9.78 Å². The minimum Gasteiger partial charge on any atom is -0.478 e. The molecule has 5 nitrogen and oxygen atoms in total. The maximum atomic E-state index is 13.7. The van der Waals surface area contributed by atoms with E-state index in [4.69, 9.17) is 0 Å². The van der Waals surface area contributed by atoms with E-state index in [0.29, 0.717) is 13.1 Å². The third-order valence-corrected chi connectivity index (χ3v) is 6.00.